The van der Waals surface area contributed by atoms with E-state index in [0.29, 0.717) is 22.4 Å². The molecule has 0 radical (unpaired) electrons. The molecule has 0 spiro atoms. The fraction of sp³-hybridized carbons (Fsp3) is 0.190. The number of hydrogen-bond donors (Lipinski definition) is 1. The molecule has 5 nitrogen and oxygen atoms in total. The summed E-state index contributed by atoms with van der Waals surface area (Å²) in [6, 6.07) is 9.21. The molecular formula is C21H20F2N2O3S. The summed E-state index contributed by atoms with van der Waals surface area (Å²) in [5.74, 6) is -1.58. The first-order valence-electron chi connectivity index (χ1n) is 8.89. The Hall–Kier alpha value is -3.00. The summed E-state index contributed by atoms with van der Waals surface area (Å²) in [7, 11) is -1.88. The summed E-state index contributed by atoms with van der Waals surface area (Å²) in [4.78, 5) is 12.5. The number of aromatic nitrogens is 1. The normalized spacial score (nSPS) is 11.5. The first-order valence-corrected chi connectivity index (χ1v) is 10.5. The van der Waals surface area contributed by atoms with Crippen molar-refractivity contribution >= 4 is 21.2 Å². The number of nitrogens with one attached hydrogen (secondary N) is 1. The number of nitrogens with zero attached hydrogens (tertiary/aromatic N) is 1. The van der Waals surface area contributed by atoms with E-state index in [2.05, 4.69) is 5.32 Å². The molecular weight excluding hydrogens is 398 g/mol. The number of rotatable bonds is 5. The molecule has 3 aromatic rings. The number of sulfone groups is 1. The van der Waals surface area contributed by atoms with Crippen LogP contribution in [0.25, 0.3) is 11.1 Å². The Bertz CT molecular complexity index is 1250. The molecule has 0 aliphatic heterocycles. The maximum atomic E-state index is 14.1. The Morgan fingerprint density at radius 3 is 2.34 bits per heavy atom. The van der Waals surface area contributed by atoms with Crippen molar-refractivity contribution in [1.82, 2.24) is 4.57 Å². The second kappa shape index (κ2) is 7.79. The third-order valence-corrected chi connectivity index (χ3v) is 6.46. The van der Waals surface area contributed by atoms with Gasteiger partial charge in [-0.25, -0.2) is 17.2 Å². The fourth-order valence-corrected chi connectivity index (χ4v) is 3.91. The molecule has 0 fully saturated rings. The largest absolute Gasteiger partial charge is 0.353 e. The van der Waals surface area contributed by atoms with Gasteiger partial charge >= 0.3 is 0 Å². The minimum Gasteiger partial charge on any atom is -0.353 e. The quantitative estimate of drug-likeness (QED) is 0.675. The van der Waals surface area contributed by atoms with Crippen LogP contribution in [0.2, 0.25) is 0 Å². The predicted molar refractivity (Wildman–Crippen MR) is 109 cm³/mol. The first kappa shape index (κ1) is 20.7. The van der Waals surface area contributed by atoms with Crippen molar-refractivity contribution in [3.63, 3.8) is 0 Å². The van der Waals surface area contributed by atoms with Gasteiger partial charge in [0, 0.05) is 36.1 Å². The summed E-state index contributed by atoms with van der Waals surface area (Å²) < 4.78 is 53.5. The van der Waals surface area contributed by atoms with Gasteiger partial charge in [0.05, 0.1) is 16.3 Å². The van der Waals surface area contributed by atoms with Crippen molar-refractivity contribution < 1.29 is 17.2 Å². The van der Waals surface area contributed by atoms with E-state index in [9.17, 15) is 22.0 Å². The zero-order valence-corrected chi connectivity index (χ0v) is 17.0. The van der Waals surface area contributed by atoms with E-state index in [1.807, 2.05) is 0 Å². The van der Waals surface area contributed by atoms with E-state index in [4.69, 9.17) is 0 Å². The molecule has 8 heteroatoms. The molecule has 0 bridgehead atoms. The highest BCUT2D eigenvalue weighted by Crippen LogP contribution is 2.34. The maximum Gasteiger partial charge on any atom is 0.253 e. The van der Waals surface area contributed by atoms with E-state index in [1.165, 1.54) is 28.8 Å². The van der Waals surface area contributed by atoms with Crippen LogP contribution in [0.15, 0.2) is 58.4 Å². The standard InChI is InChI=1S/C21H20F2N2O3S/c1-4-29(27,28)15-6-8-19(24-20-7-5-14(22)11-18(20)23)17(12-15)16-9-10-25(3)21(26)13(16)2/h5-12,24H,4H2,1-3H3. The molecule has 2 aromatic carbocycles. The van der Waals surface area contributed by atoms with Crippen LogP contribution in [0.1, 0.15) is 12.5 Å². The first-order chi connectivity index (χ1) is 13.6. The summed E-state index contributed by atoms with van der Waals surface area (Å²) in [6.45, 7) is 3.18. The lowest BCUT2D eigenvalue weighted by Gasteiger charge is -2.16. The third-order valence-electron chi connectivity index (χ3n) is 4.73. The Labute approximate surface area is 167 Å². The molecule has 1 heterocycles. The van der Waals surface area contributed by atoms with Gasteiger partial charge in [-0.3, -0.25) is 4.79 Å². The highest BCUT2D eigenvalue weighted by molar-refractivity contribution is 7.91. The van der Waals surface area contributed by atoms with Gasteiger partial charge in [0.2, 0.25) is 0 Å². The monoisotopic (exact) mass is 418 g/mol. The molecule has 1 aromatic heterocycles. The van der Waals surface area contributed by atoms with Crippen molar-refractivity contribution in [2.45, 2.75) is 18.7 Å². The van der Waals surface area contributed by atoms with Crippen molar-refractivity contribution in [2.24, 2.45) is 7.05 Å². The number of aryl methyl sites for hydroxylation is 1. The molecule has 0 aliphatic rings. The fourth-order valence-electron chi connectivity index (χ4n) is 3.00. The van der Waals surface area contributed by atoms with Gasteiger partial charge in [-0.15, -0.1) is 0 Å². The van der Waals surface area contributed by atoms with Crippen LogP contribution in [0.5, 0.6) is 0 Å². The lowest BCUT2D eigenvalue weighted by Crippen LogP contribution is -2.19. The second-order valence-corrected chi connectivity index (χ2v) is 8.91. The molecule has 0 unspecified atom stereocenters. The SMILES string of the molecule is CCS(=O)(=O)c1ccc(Nc2ccc(F)cc2F)c(-c2ccn(C)c(=O)c2C)c1. The average Bonchev–Trinajstić information content (AvgIpc) is 2.69. The van der Waals surface area contributed by atoms with Gasteiger partial charge in [0.25, 0.3) is 5.56 Å². The Morgan fingerprint density at radius 2 is 1.69 bits per heavy atom. The van der Waals surface area contributed by atoms with Gasteiger partial charge in [0.1, 0.15) is 11.6 Å². The minimum atomic E-state index is -3.50. The Morgan fingerprint density at radius 1 is 1.00 bits per heavy atom. The van der Waals surface area contributed by atoms with Gasteiger partial charge in [-0.05, 0) is 48.9 Å². The Kier molecular flexibility index (Phi) is 5.57. The van der Waals surface area contributed by atoms with Gasteiger partial charge < -0.3 is 9.88 Å². The molecule has 1 N–H and O–H groups in total. The lowest BCUT2D eigenvalue weighted by atomic mass is 10.00. The number of benzene rings is 2. The van der Waals surface area contributed by atoms with Crippen LogP contribution in [0.3, 0.4) is 0 Å². The number of anilines is 2. The zero-order chi connectivity index (χ0) is 21.3. The summed E-state index contributed by atoms with van der Waals surface area (Å²) in [6.07, 6.45) is 1.58. The maximum absolute atomic E-state index is 14.1. The summed E-state index contributed by atoms with van der Waals surface area (Å²) in [5.41, 5.74) is 1.56. The topological polar surface area (TPSA) is 68.2 Å². The van der Waals surface area contributed by atoms with Gasteiger partial charge in [-0.1, -0.05) is 6.92 Å². The van der Waals surface area contributed by atoms with Crippen LogP contribution in [0.4, 0.5) is 20.2 Å². The lowest BCUT2D eigenvalue weighted by molar-refractivity contribution is 0.586. The molecule has 3 rings (SSSR count). The molecule has 0 saturated carbocycles. The number of halogens is 2. The number of hydrogen-bond acceptors (Lipinski definition) is 4. The highest BCUT2D eigenvalue weighted by atomic mass is 32.2. The molecule has 0 saturated heterocycles. The van der Waals surface area contributed by atoms with Crippen molar-refractivity contribution in [3.05, 3.63) is 76.2 Å². The second-order valence-electron chi connectivity index (χ2n) is 6.63. The number of pyridine rings is 1. The van der Waals surface area contributed by atoms with Crippen molar-refractivity contribution in [3.8, 4) is 11.1 Å². The van der Waals surface area contributed by atoms with E-state index in [0.717, 1.165) is 12.1 Å². The van der Waals surface area contributed by atoms with Crippen LogP contribution in [-0.2, 0) is 16.9 Å². The predicted octanol–water partition coefficient (Wildman–Crippen LogP) is 4.18. The van der Waals surface area contributed by atoms with E-state index in [1.54, 1.807) is 33.2 Å². The average molecular weight is 418 g/mol. The van der Waals surface area contributed by atoms with E-state index in [-0.39, 0.29) is 21.9 Å². The van der Waals surface area contributed by atoms with Crippen LogP contribution >= 0.6 is 0 Å². The van der Waals surface area contributed by atoms with Gasteiger partial charge in [0.15, 0.2) is 9.84 Å². The summed E-state index contributed by atoms with van der Waals surface area (Å²) >= 11 is 0. The van der Waals surface area contributed by atoms with Crippen LogP contribution in [-0.4, -0.2) is 18.7 Å². The minimum absolute atomic E-state index is 0.0280. The van der Waals surface area contributed by atoms with E-state index >= 15 is 0 Å². The van der Waals surface area contributed by atoms with Crippen molar-refractivity contribution in [2.75, 3.05) is 11.1 Å². The third kappa shape index (κ3) is 4.07. The molecule has 0 aliphatic carbocycles. The van der Waals surface area contributed by atoms with Crippen LogP contribution < -0.4 is 10.9 Å². The highest BCUT2D eigenvalue weighted by Gasteiger charge is 2.18. The molecule has 152 valence electrons. The van der Waals surface area contributed by atoms with Gasteiger partial charge in [-0.2, -0.15) is 0 Å². The van der Waals surface area contributed by atoms with E-state index < -0.39 is 21.5 Å². The Balaban J connectivity index is 2.24. The molecule has 0 amide bonds. The van der Waals surface area contributed by atoms with Crippen molar-refractivity contribution in [1.29, 1.82) is 0 Å². The molecule has 29 heavy (non-hydrogen) atoms. The van der Waals surface area contributed by atoms with Crippen LogP contribution in [0, 0.1) is 18.6 Å². The zero-order valence-electron chi connectivity index (χ0n) is 16.2. The molecule has 0 atom stereocenters. The smallest absolute Gasteiger partial charge is 0.253 e. The summed E-state index contributed by atoms with van der Waals surface area (Å²) in [5, 5.41) is 2.88.